The number of hydrogen-bond donors (Lipinski definition) is 1. The van der Waals surface area contributed by atoms with Gasteiger partial charge in [0.25, 0.3) is 0 Å². The Morgan fingerprint density at radius 2 is 1.94 bits per heavy atom. The van der Waals surface area contributed by atoms with Crippen molar-refractivity contribution < 1.29 is 0 Å². The second-order valence-electron chi connectivity index (χ2n) is 3.97. The fraction of sp³-hybridized carbons (Fsp3) is 0.214. The molecule has 0 aliphatic carbocycles. The van der Waals surface area contributed by atoms with E-state index in [0.717, 1.165) is 12.2 Å². The number of nitrogens with two attached hydrogens (primary N) is 1. The van der Waals surface area contributed by atoms with Crippen LogP contribution >= 0.6 is 0 Å². The van der Waals surface area contributed by atoms with E-state index in [0.29, 0.717) is 5.69 Å². The Kier molecular flexibility index (Phi) is 3.28. The maximum absolute atomic E-state index is 5.98. The summed E-state index contributed by atoms with van der Waals surface area (Å²) in [6, 6.07) is 10.3. The molecule has 3 heteroatoms. The van der Waals surface area contributed by atoms with Gasteiger partial charge in [0.1, 0.15) is 0 Å². The SMILES string of the molecule is CCN(c1ccccc1C)c1ccncc1N. The monoisotopic (exact) mass is 227 g/mol. The van der Waals surface area contributed by atoms with E-state index in [-0.39, 0.29) is 0 Å². The lowest BCUT2D eigenvalue weighted by molar-refractivity contribution is 1.01. The number of rotatable bonds is 3. The van der Waals surface area contributed by atoms with Gasteiger partial charge in [0.05, 0.1) is 17.6 Å². The maximum atomic E-state index is 5.98. The van der Waals surface area contributed by atoms with Crippen molar-refractivity contribution in [1.82, 2.24) is 4.98 Å². The Labute approximate surface area is 102 Å². The lowest BCUT2D eigenvalue weighted by atomic mass is 10.1. The minimum atomic E-state index is 0.706. The van der Waals surface area contributed by atoms with Crippen molar-refractivity contribution in [2.45, 2.75) is 13.8 Å². The average Bonchev–Trinajstić information content (AvgIpc) is 2.34. The number of nitrogens with zero attached hydrogens (tertiary/aromatic N) is 2. The first-order chi connectivity index (χ1) is 8.24. The first kappa shape index (κ1) is 11.5. The second-order valence-corrected chi connectivity index (χ2v) is 3.97. The highest BCUT2D eigenvalue weighted by atomic mass is 15.1. The summed E-state index contributed by atoms with van der Waals surface area (Å²) in [5.41, 5.74) is 10.1. The van der Waals surface area contributed by atoms with Gasteiger partial charge in [0.2, 0.25) is 0 Å². The van der Waals surface area contributed by atoms with Gasteiger partial charge in [0.15, 0.2) is 0 Å². The van der Waals surface area contributed by atoms with Crippen LogP contribution in [0.3, 0.4) is 0 Å². The molecule has 0 unspecified atom stereocenters. The lowest BCUT2D eigenvalue weighted by Crippen LogP contribution is -2.18. The molecule has 0 spiro atoms. The molecule has 0 fully saturated rings. The van der Waals surface area contributed by atoms with Gasteiger partial charge in [0, 0.05) is 18.4 Å². The van der Waals surface area contributed by atoms with Crippen LogP contribution in [-0.4, -0.2) is 11.5 Å². The first-order valence-electron chi connectivity index (χ1n) is 5.76. The normalized spacial score (nSPS) is 10.2. The van der Waals surface area contributed by atoms with Gasteiger partial charge < -0.3 is 10.6 Å². The van der Waals surface area contributed by atoms with Crippen LogP contribution in [0, 0.1) is 6.92 Å². The fourth-order valence-corrected chi connectivity index (χ4v) is 1.98. The van der Waals surface area contributed by atoms with Gasteiger partial charge in [-0.1, -0.05) is 18.2 Å². The van der Waals surface area contributed by atoms with Crippen LogP contribution in [0.4, 0.5) is 17.1 Å². The molecule has 0 aliphatic heterocycles. The highest BCUT2D eigenvalue weighted by Gasteiger charge is 2.11. The second kappa shape index (κ2) is 4.87. The number of nitrogen functional groups attached to an aromatic ring is 1. The molecule has 3 nitrogen and oxygen atoms in total. The van der Waals surface area contributed by atoms with Crippen LogP contribution in [-0.2, 0) is 0 Å². The molecule has 1 aromatic carbocycles. The average molecular weight is 227 g/mol. The van der Waals surface area contributed by atoms with E-state index in [1.54, 1.807) is 12.4 Å². The van der Waals surface area contributed by atoms with Gasteiger partial charge in [-0.2, -0.15) is 0 Å². The summed E-state index contributed by atoms with van der Waals surface area (Å²) in [6.45, 7) is 5.10. The predicted molar refractivity (Wildman–Crippen MR) is 72.5 cm³/mol. The Morgan fingerprint density at radius 1 is 1.18 bits per heavy atom. The largest absolute Gasteiger partial charge is 0.396 e. The van der Waals surface area contributed by atoms with Crippen LogP contribution in [0.2, 0.25) is 0 Å². The van der Waals surface area contributed by atoms with E-state index in [1.165, 1.54) is 11.3 Å². The minimum Gasteiger partial charge on any atom is -0.396 e. The smallest absolute Gasteiger partial charge is 0.0741 e. The maximum Gasteiger partial charge on any atom is 0.0741 e. The van der Waals surface area contributed by atoms with Gasteiger partial charge in [-0.05, 0) is 31.5 Å². The van der Waals surface area contributed by atoms with Crippen molar-refractivity contribution >= 4 is 17.1 Å². The molecule has 0 saturated carbocycles. The number of para-hydroxylation sites is 1. The molecule has 17 heavy (non-hydrogen) atoms. The molecule has 0 saturated heterocycles. The van der Waals surface area contributed by atoms with Crippen molar-refractivity contribution in [3.8, 4) is 0 Å². The van der Waals surface area contributed by atoms with Crippen molar-refractivity contribution in [2.75, 3.05) is 17.2 Å². The van der Waals surface area contributed by atoms with Crippen molar-refractivity contribution in [2.24, 2.45) is 0 Å². The molecule has 88 valence electrons. The summed E-state index contributed by atoms with van der Waals surface area (Å²) in [7, 11) is 0. The van der Waals surface area contributed by atoms with Crippen molar-refractivity contribution in [1.29, 1.82) is 0 Å². The number of hydrogen-bond acceptors (Lipinski definition) is 3. The van der Waals surface area contributed by atoms with Gasteiger partial charge in [-0.3, -0.25) is 4.98 Å². The van der Waals surface area contributed by atoms with E-state index in [4.69, 9.17) is 5.73 Å². The molecule has 0 atom stereocenters. The third-order valence-electron chi connectivity index (χ3n) is 2.84. The van der Waals surface area contributed by atoms with E-state index in [9.17, 15) is 0 Å². The Balaban J connectivity index is 2.48. The van der Waals surface area contributed by atoms with Crippen molar-refractivity contribution in [3.63, 3.8) is 0 Å². The molecule has 0 aliphatic rings. The molecular weight excluding hydrogens is 210 g/mol. The minimum absolute atomic E-state index is 0.706. The van der Waals surface area contributed by atoms with E-state index >= 15 is 0 Å². The summed E-state index contributed by atoms with van der Waals surface area (Å²) < 4.78 is 0. The summed E-state index contributed by atoms with van der Waals surface area (Å²) in [6.07, 6.45) is 3.46. The molecule has 0 radical (unpaired) electrons. The van der Waals surface area contributed by atoms with Gasteiger partial charge in [-0.25, -0.2) is 0 Å². The number of aromatic nitrogens is 1. The molecule has 0 bridgehead atoms. The molecule has 2 aromatic rings. The first-order valence-corrected chi connectivity index (χ1v) is 5.76. The fourth-order valence-electron chi connectivity index (χ4n) is 1.98. The summed E-state index contributed by atoms with van der Waals surface area (Å²) in [5, 5.41) is 0. The highest BCUT2D eigenvalue weighted by molar-refractivity contribution is 5.75. The standard InChI is InChI=1S/C14H17N3/c1-3-17(13-7-5-4-6-11(13)2)14-8-9-16-10-12(14)15/h4-10H,3,15H2,1-2H3. The summed E-state index contributed by atoms with van der Waals surface area (Å²) in [5.74, 6) is 0. The topological polar surface area (TPSA) is 42.2 Å². The van der Waals surface area contributed by atoms with Crippen LogP contribution in [0.25, 0.3) is 0 Å². The Bertz CT molecular complexity index is 463. The zero-order chi connectivity index (χ0) is 12.3. The molecule has 2 rings (SSSR count). The van der Waals surface area contributed by atoms with Crippen LogP contribution in [0.5, 0.6) is 0 Å². The molecule has 1 heterocycles. The van der Waals surface area contributed by atoms with Crippen molar-refractivity contribution in [3.05, 3.63) is 48.3 Å². The predicted octanol–water partition coefficient (Wildman–Crippen LogP) is 3.13. The van der Waals surface area contributed by atoms with E-state index in [1.807, 2.05) is 18.2 Å². The van der Waals surface area contributed by atoms with Crippen LogP contribution in [0.1, 0.15) is 12.5 Å². The Hall–Kier alpha value is -2.03. The zero-order valence-electron chi connectivity index (χ0n) is 10.2. The molecule has 0 amide bonds. The third-order valence-corrected chi connectivity index (χ3v) is 2.84. The molecule has 2 N–H and O–H groups in total. The third kappa shape index (κ3) is 2.23. The summed E-state index contributed by atoms with van der Waals surface area (Å²) >= 11 is 0. The Morgan fingerprint density at radius 3 is 2.59 bits per heavy atom. The lowest BCUT2D eigenvalue weighted by Gasteiger charge is -2.26. The number of anilines is 3. The van der Waals surface area contributed by atoms with Crippen LogP contribution < -0.4 is 10.6 Å². The molecule has 1 aromatic heterocycles. The number of benzene rings is 1. The van der Waals surface area contributed by atoms with Gasteiger partial charge in [-0.15, -0.1) is 0 Å². The van der Waals surface area contributed by atoms with Crippen LogP contribution in [0.15, 0.2) is 42.7 Å². The highest BCUT2D eigenvalue weighted by Crippen LogP contribution is 2.31. The van der Waals surface area contributed by atoms with Gasteiger partial charge >= 0.3 is 0 Å². The molecular formula is C14H17N3. The zero-order valence-corrected chi connectivity index (χ0v) is 10.2. The quantitative estimate of drug-likeness (QED) is 0.876. The number of pyridine rings is 1. The number of aryl methyl sites for hydroxylation is 1. The summed E-state index contributed by atoms with van der Waals surface area (Å²) in [4.78, 5) is 6.23. The van der Waals surface area contributed by atoms with E-state index < -0.39 is 0 Å². The van der Waals surface area contributed by atoms with E-state index in [2.05, 4.69) is 35.9 Å².